The highest BCUT2D eigenvalue weighted by molar-refractivity contribution is 5.94. The zero-order valence-electron chi connectivity index (χ0n) is 13.0. The van der Waals surface area contributed by atoms with Crippen LogP contribution in [-0.2, 0) is 11.3 Å². The molecular weight excluding hydrogens is 280 g/mol. The Bertz CT molecular complexity index is 644. The van der Waals surface area contributed by atoms with Crippen LogP contribution in [-0.4, -0.2) is 36.6 Å². The molecule has 6 heteroatoms. The van der Waals surface area contributed by atoms with Gasteiger partial charge in [0.05, 0.1) is 6.61 Å². The summed E-state index contributed by atoms with van der Waals surface area (Å²) < 4.78 is 5.04. The van der Waals surface area contributed by atoms with E-state index in [-0.39, 0.29) is 5.97 Å². The summed E-state index contributed by atoms with van der Waals surface area (Å²) in [5.41, 5.74) is 1.45. The van der Waals surface area contributed by atoms with Crippen LogP contribution in [0.1, 0.15) is 22.8 Å². The van der Waals surface area contributed by atoms with Crippen molar-refractivity contribution in [3.63, 3.8) is 0 Å². The fraction of sp³-hybridized carbons (Fsp3) is 0.312. The van der Waals surface area contributed by atoms with Gasteiger partial charge in [0, 0.05) is 38.6 Å². The molecule has 2 aromatic rings. The lowest BCUT2D eigenvalue weighted by molar-refractivity contribution is 0.0527. The molecule has 0 bridgehead atoms. The summed E-state index contributed by atoms with van der Waals surface area (Å²) in [5, 5.41) is 3.19. The summed E-state index contributed by atoms with van der Waals surface area (Å²) in [6.07, 6.45) is 3.39. The van der Waals surface area contributed by atoms with Crippen molar-refractivity contribution in [3.8, 4) is 0 Å². The normalized spacial score (nSPS) is 10.1. The van der Waals surface area contributed by atoms with Gasteiger partial charge in [0.1, 0.15) is 17.2 Å². The van der Waals surface area contributed by atoms with Gasteiger partial charge in [0.2, 0.25) is 0 Å². The minimum Gasteiger partial charge on any atom is -0.462 e. The summed E-state index contributed by atoms with van der Waals surface area (Å²) in [4.78, 5) is 22.5. The number of pyridine rings is 2. The van der Waals surface area contributed by atoms with E-state index in [1.807, 2.05) is 31.1 Å². The Morgan fingerprint density at radius 3 is 2.68 bits per heavy atom. The van der Waals surface area contributed by atoms with Crippen LogP contribution in [0.15, 0.2) is 36.7 Å². The quantitative estimate of drug-likeness (QED) is 0.826. The first-order valence-corrected chi connectivity index (χ1v) is 7.10. The Morgan fingerprint density at radius 1 is 1.23 bits per heavy atom. The molecule has 0 aromatic carbocycles. The molecule has 0 spiro atoms. The number of hydrogen-bond acceptors (Lipinski definition) is 6. The predicted molar refractivity (Wildman–Crippen MR) is 86.1 cm³/mol. The summed E-state index contributed by atoms with van der Waals surface area (Å²) >= 11 is 0. The topological polar surface area (TPSA) is 67.3 Å². The molecule has 2 rings (SSSR count). The third kappa shape index (κ3) is 3.72. The van der Waals surface area contributed by atoms with E-state index in [1.54, 1.807) is 31.5 Å². The first kappa shape index (κ1) is 15.8. The largest absolute Gasteiger partial charge is 0.462 e. The number of carbonyl (C=O) groups excluding carboxylic acids is 1. The maximum atomic E-state index is 11.9. The average Bonchev–Trinajstić information content (AvgIpc) is 2.53. The van der Waals surface area contributed by atoms with E-state index < -0.39 is 0 Å². The molecule has 22 heavy (non-hydrogen) atoms. The summed E-state index contributed by atoms with van der Waals surface area (Å²) in [5.74, 6) is 1.01. The van der Waals surface area contributed by atoms with Crippen LogP contribution in [0.25, 0.3) is 0 Å². The third-order valence-corrected chi connectivity index (χ3v) is 3.04. The number of nitrogens with zero attached hydrogens (tertiary/aromatic N) is 3. The van der Waals surface area contributed by atoms with Crippen molar-refractivity contribution in [2.75, 3.05) is 30.9 Å². The second-order valence-corrected chi connectivity index (χ2v) is 4.85. The molecular formula is C16H20N4O2. The van der Waals surface area contributed by atoms with Gasteiger partial charge in [-0.25, -0.2) is 14.8 Å². The van der Waals surface area contributed by atoms with Crippen LogP contribution in [0.4, 0.5) is 11.6 Å². The zero-order chi connectivity index (χ0) is 15.9. The summed E-state index contributed by atoms with van der Waals surface area (Å²) in [7, 11) is 3.88. The van der Waals surface area contributed by atoms with Crippen molar-refractivity contribution in [1.29, 1.82) is 0 Å². The lowest BCUT2D eigenvalue weighted by atomic mass is 10.2. The number of esters is 1. The van der Waals surface area contributed by atoms with Gasteiger partial charge in [-0.2, -0.15) is 0 Å². The highest BCUT2D eigenvalue weighted by Crippen LogP contribution is 2.18. The van der Waals surface area contributed by atoms with Crippen LogP contribution in [0.2, 0.25) is 0 Å². The van der Waals surface area contributed by atoms with Crippen LogP contribution in [0.3, 0.4) is 0 Å². The van der Waals surface area contributed by atoms with E-state index in [1.165, 1.54) is 0 Å². The molecule has 116 valence electrons. The van der Waals surface area contributed by atoms with E-state index in [4.69, 9.17) is 4.74 Å². The second kappa shape index (κ2) is 7.40. The standard InChI is InChI=1S/C16H20N4O2/c1-4-22-16(21)13-8-6-9-17-14(13)19-11-12-7-5-10-18-15(12)20(2)3/h5-10H,4,11H2,1-3H3,(H,17,19). The molecule has 0 aliphatic rings. The smallest absolute Gasteiger partial charge is 0.341 e. The van der Waals surface area contributed by atoms with E-state index in [9.17, 15) is 4.79 Å². The van der Waals surface area contributed by atoms with Crippen molar-refractivity contribution in [3.05, 3.63) is 47.8 Å². The van der Waals surface area contributed by atoms with Gasteiger partial charge in [-0.15, -0.1) is 0 Å². The Hall–Kier alpha value is -2.63. The Kier molecular flexibility index (Phi) is 5.30. The first-order valence-electron chi connectivity index (χ1n) is 7.10. The second-order valence-electron chi connectivity index (χ2n) is 4.85. The number of hydrogen-bond donors (Lipinski definition) is 1. The van der Waals surface area contributed by atoms with Gasteiger partial charge < -0.3 is 15.0 Å². The maximum Gasteiger partial charge on any atom is 0.341 e. The number of carbonyl (C=O) groups is 1. The Balaban J connectivity index is 2.17. The molecule has 0 unspecified atom stereocenters. The van der Waals surface area contributed by atoms with Crippen molar-refractivity contribution in [1.82, 2.24) is 9.97 Å². The van der Waals surface area contributed by atoms with Crippen molar-refractivity contribution in [2.24, 2.45) is 0 Å². The Morgan fingerprint density at radius 2 is 1.95 bits per heavy atom. The fourth-order valence-corrected chi connectivity index (χ4v) is 2.07. The minimum absolute atomic E-state index is 0.334. The van der Waals surface area contributed by atoms with E-state index in [0.717, 1.165) is 11.4 Å². The molecule has 0 aliphatic carbocycles. The van der Waals surface area contributed by atoms with Gasteiger partial charge in [0.15, 0.2) is 0 Å². The summed E-state index contributed by atoms with van der Waals surface area (Å²) in [6.45, 7) is 2.63. The molecule has 2 heterocycles. The molecule has 0 amide bonds. The van der Waals surface area contributed by atoms with Gasteiger partial charge in [-0.1, -0.05) is 6.07 Å². The molecule has 0 radical (unpaired) electrons. The van der Waals surface area contributed by atoms with Crippen LogP contribution in [0.5, 0.6) is 0 Å². The SMILES string of the molecule is CCOC(=O)c1cccnc1NCc1cccnc1N(C)C. The highest BCUT2D eigenvalue weighted by atomic mass is 16.5. The highest BCUT2D eigenvalue weighted by Gasteiger charge is 2.13. The Labute approximate surface area is 130 Å². The average molecular weight is 300 g/mol. The van der Waals surface area contributed by atoms with Crippen LogP contribution in [0, 0.1) is 0 Å². The van der Waals surface area contributed by atoms with Gasteiger partial charge in [0.25, 0.3) is 0 Å². The minimum atomic E-state index is -0.378. The van der Waals surface area contributed by atoms with Gasteiger partial charge in [-0.3, -0.25) is 0 Å². The fourth-order valence-electron chi connectivity index (χ4n) is 2.07. The molecule has 0 atom stereocenters. The number of nitrogens with one attached hydrogen (secondary N) is 1. The zero-order valence-corrected chi connectivity index (χ0v) is 13.0. The van der Waals surface area contributed by atoms with Gasteiger partial charge in [-0.05, 0) is 25.1 Å². The molecule has 0 saturated carbocycles. The van der Waals surface area contributed by atoms with E-state index in [0.29, 0.717) is 24.5 Å². The number of rotatable bonds is 6. The summed E-state index contributed by atoms with van der Waals surface area (Å²) in [6, 6.07) is 7.28. The number of ether oxygens (including phenoxy) is 1. The molecule has 2 aromatic heterocycles. The van der Waals surface area contributed by atoms with Crippen LogP contribution >= 0.6 is 0 Å². The van der Waals surface area contributed by atoms with Crippen molar-refractivity contribution < 1.29 is 9.53 Å². The molecule has 0 aliphatic heterocycles. The molecule has 6 nitrogen and oxygen atoms in total. The number of aromatic nitrogens is 2. The maximum absolute atomic E-state index is 11.9. The van der Waals surface area contributed by atoms with E-state index in [2.05, 4.69) is 15.3 Å². The molecule has 1 N–H and O–H groups in total. The first-order chi connectivity index (χ1) is 10.6. The third-order valence-electron chi connectivity index (χ3n) is 3.04. The molecule has 0 fully saturated rings. The van der Waals surface area contributed by atoms with Crippen LogP contribution < -0.4 is 10.2 Å². The van der Waals surface area contributed by atoms with Crippen molar-refractivity contribution in [2.45, 2.75) is 13.5 Å². The van der Waals surface area contributed by atoms with Crippen molar-refractivity contribution >= 4 is 17.6 Å². The van der Waals surface area contributed by atoms with Gasteiger partial charge >= 0.3 is 5.97 Å². The lowest BCUT2D eigenvalue weighted by Gasteiger charge is -2.17. The predicted octanol–water partition coefficient (Wildman–Crippen LogP) is 2.33. The van der Waals surface area contributed by atoms with E-state index >= 15 is 0 Å². The molecule has 0 saturated heterocycles. The lowest BCUT2D eigenvalue weighted by Crippen LogP contribution is -2.16. The monoisotopic (exact) mass is 300 g/mol. The number of anilines is 2.